The zero-order valence-electron chi connectivity index (χ0n) is 21.1. The summed E-state index contributed by atoms with van der Waals surface area (Å²) in [5, 5.41) is 12.7. The van der Waals surface area contributed by atoms with Crippen LogP contribution >= 0.6 is 0 Å². The third kappa shape index (κ3) is 8.10. The van der Waals surface area contributed by atoms with E-state index in [1.807, 2.05) is 12.1 Å². The van der Waals surface area contributed by atoms with E-state index in [4.69, 9.17) is 19.9 Å². The lowest BCUT2D eigenvalue weighted by Crippen LogP contribution is -2.44. The van der Waals surface area contributed by atoms with Crippen molar-refractivity contribution < 1.29 is 28.9 Å². The van der Waals surface area contributed by atoms with E-state index in [1.54, 1.807) is 33.1 Å². The summed E-state index contributed by atoms with van der Waals surface area (Å²) >= 11 is 0. The molecule has 196 valence electrons. The van der Waals surface area contributed by atoms with Gasteiger partial charge in [0.15, 0.2) is 11.5 Å². The lowest BCUT2D eigenvalue weighted by atomic mass is 9.91. The topological polar surface area (TPSA) is 136 Å². The van der Waals surface area contributed by atoms with E-state index >= 15 is 0 Å². The van der Waals surface area contributed by atoms with E-state index < -0.39 is 17.6 Å². The predicted octanol–water partition coefficient (Wildman–Crippen LogP) is 1.74. The number of aliphatic imine (C=N–C) groups is 1. The smallest absolute Gasteiger partial charge is 0.270 e. The molecule has 36 heavy (non-hydrogen) atoms. The number of ether oxygens (including phenoxy) is 3. The van der Waals surface area contributed by atoms with Crippen LogP contribution in [0.4, 0.5) is 0 Å². The van der Waals surface area contributed by atoms with Gasteiger partial charge in [-0.15, -0.1) is 0 Å². The van der Waals surface area contributed by atoms with Crippen molar-refractivity contribution in [1.82, 2.24) is 10.2 Å². The van der Waals surface area contributed by atoms with Crippen molar-refractivity contribution in [2.24, 2.45) is 16.6 Å². The highest BCUT2D eigenvalue weighted by Crippen LogP contribution is 2.31. The van der Waals surface area contributed by atoms with Crippen LogP contribution in [0.3, 0.4) is 0 Å². The minimum Gasteiger partial charge on any atom is -0.493 e. The Kier molecular flexibility index (Phi) is 9.49. The van der Waals surface area contributed by atoms with E-state index in [1.165, 1.54) is 23.3 Å². The molecule has 0 saturated carbocycles. The highest BCUT2D eigenvalue weighted by Gasteiger charge is 2.36. The molecule has 2 amide bonds. The van der Waals surface area contributed by atoms with E-state index in [-0.39, 0.29) is 24.2 Å². The molecule has 3 rings (SSSR count). The number of aliphatic hydroxyl groups is 1. The quantitative estimate of drug-likeness (QED) is 0.309. The highest BCUT2D eigenvalue weighted by atomic mass is 16.5. The van der Waals surface area contributed by atoms with Crippen molar-refractivity contribution in [3.05, 3.63) is 48.4 Å². The lowest BCUT2D eigenvalue weighted by molar-refractivity contribution is -0.135. The number of hydrogen-bond donors (Lipinski definition) is 3. The second-order valence-corrected chi connectivity index (χ2v) is 9.54. The molecular weight excluding hydrogens is 464 g/mol. The van der Waals surface area contributed by atoms with Crippen molar-refractivity contribution in [2.45, 2.75) is 44.8 Å². The van der Waals surface area contributed by atoms with Gasteiger partial charge in [0.2, 0.25) is 0 Å². The molecule has 0 spiro atoms. The summed E-state index contributed by atoms with van der Waals surface area (Å²) in [6.45, 7) is 5.03. The number of nitrogens with one attached hydrogen (secondary N) is 1. The highest BCUT2D eigenvalue weighted by molar-refractivity contribution is 6.03. The molecule has 0 radical (unpaired) electrons. The Morgan fingerprint density at radius 3 is 2.69 bits per heavy atom. The molecule has 2 aliphatic rings. The Labute approximate surface area is 211 Å². The normalized spacial score (nSPS) is 18.3. The van der Waals surface area contributed by atoms with Crippen LogP contribution in [0.25, 0.3) is 0 Å². The third-order valence-electron chi connectivity index (χ3n) is 5.91. The first-order valence-electron chi connectivity index (χ1n) is 12.1. The van der Waals surface area contributed by atoms with Crippen LogP contribution < -0.4 is 20.5 Å². The first-order chi connectivity index (χ1) is 17.2. The van der Waals surface area contributed by atoms with Gasteiger partial charge in [0.05, 0.1) is 19.3 Å². The van der Waals surface area contributed by atoms with Gasteiger partial charge in [-0.25, -0.2) is 0 Å². The van der Waals surface area contributed by atoms with Gasteiger partial charge < -0.3 is 35.3 Å². The van der Waals surface area contributed by atoms with Crippen molar-refractivity contribution >= 4 is 17.6 Å². The summed E-state index contributed by atoms with van der Waals surface area (Å²) in [4.78, 5) is 31.7. The van der Waals surface area contributed by atoms with E-state index in [9.17, 15) is 14.7 Å². The van der Waals surface area contributed by atoms with E-state index in [2.05, 4.69) is 10.3 Å². The Balaban J connectivity index is 1.72. The maximum atomic E-state index is 13.2. The summed E-state index contributed by atoms with van der Waals surface area (Å²) in [5.41, 5.74) is 5.06. The number of amidine groups is 1. The van der Waals surface area contributed by atoms with E-state index in [0.717, 1.165) is 12.8 Å². The molecule has 1 unspecified atom stereocenters. The Hall–Kier alpha value is -3.37. The summed E-state index contributed by atoms with van der Waals surface area (Å²) < 4.78 is 16.7. The van der Waals surface area contributed by atoms with Crippen molar-refractivity contribution in [3.63, 3.8) is 0 Å². The predicted molar refractivity (Wildman–Crippen MR) is 135 cm³/mol. The molecule has 0 aliphatic carbocycles. The monoisotopic (exact) mass is 500 g/mol. The lowest BCUT2D eigenvalue weighted by Gasteiger charge is -2.30. The van der Waals surface area contributed by atoms with Crippen LogP contribution in [-0.4, -0.2) is 72.7 Å². The van der Waals surface area contributed by atoms with Gasteiger partial charge in [0, 0.05) is 32.0 Å². The molecule has 0 aromatic heterocycles. The molecule has 1 aromatic carbocycles. The van der Waals surface area contributed by atoms with Gasteiger partial charge in [-0.1, -0.05) is 12.1 Å². The molecule has 2 heterocycles. The first-order valence-corrected chi connectivity index (χ1v) is 12.1. The molecule has 4 N–H and O–H groups in total. The van der Waals surface area contributed by atoms with Gasteiger partial charge in [-0.3, -0.25) is 9.59 Å². The van der Waals surface area contributed by atoms with Gasteiger partial charge in [-0.2, -0.15) is 4.99 Å². The number of para-hydroxylation sites is 2. The Morgan fingerprint density at radius 1 is 1.33 bits per heavy atom. The van der Waals surface area contributed by atoms with Crippen LogP contribution in [0.1, 0.15) is 33.1 Å². The molecule has 1 fully saturated rings. The van der Waals surface area contributed by atoms with Gasteiger partial charge >= 0.3 is 0 Å². The van der Waals surface area contributed by atoms with Crippen molar-refractivity contribution in [3.8, 4) is 11.5 Å². The molecule has 1 aromatic rings. The second kappa shape index (κ2) is 12.5. The minimum atomic E-state index is -0.895. The third-order valence-corrected chi connectivity index (χ3v) is 5.91. The maximum absolute atomic E-state index is 13.2. The molecular formula is C26H36N4O6. The number of nitrogens with two attached hydrogens (primary N) is 1. The Bertz CT molecular complexity index is 1010. The maximum Gasteiger partial charge on any atom is 0.270 e. The largest absolute Gasteiger partial charge is 0.493 e. The number of amides is 2. The molecule has 0 bridgehead atoms. The molecule has 10 nitrogen and oxygen atoms in total. The average Bonchev–Trinajstić information content (AvgIpc) is 3.20. The number of nitrogens with zero attached hydrogens (tertiary/aromatic N) is 2. The number of carbonyl (C=O) groups excluding carboxylic acids is 2. The number of benzene rings is 1. The van der Waals surface area contributed by atoms with Crippen LogP contribution in [0, 0.1) is 5.92 Å². The summed E-state index contributed by atoms with van der Waals surface area (Å²) in [6.07, 6.45) is 6.45. The fourth-order valence-electron chi connectivity index (χ4n) is 4.03. The zero-order valence-corrected chi connectivity index (χ0v) is 21.1. The summed E-state index contributed by atoms with van der Waals surface area (Å²) in [6, 6.07) is 6.37. The number of methoxy groups -OCH3 is 1. The fourth-order valence-corrected chi connectivity index (χ4v) is 4.03. The summed E-state index contributed by atoms with van der Waals surface area (Å²) in [7, 11) is 1.54. The van der Waals surface area contributed by atoms with Gasteiger partial charge in [-0.05, 0) is 57.2 Å². The summed E-state index contributed by atoms with van der Waals surface area (Å²) in [5.74, 6) is 0.862. The molecule has 1 saturated heterocycles. The van der Waals surface area contributed by atoms with Crippen molar-refractivity contribution in [1.29, 1.82) is 0 Å². The molecule has 10 heteroatoms. The SMILES string of the molecule is COc1ccccc1OC1=CC(=O)N(C(CC2CCOCC2)C(=O)N=C(N)/C=C\NCC(C)(C)O)C1. The number of hydrogen-bond acceptors (Lipinski definition) is 7. The number of carbonyl (C=O) groups is 2. The van der Waals surface area contributed by atoms with Crippen molar-refractivity contribution in [2.75, 3.05) is 33.4 Å². The molecule has 2 aliphatic heterocycles. The average molecular weight is 501 g/mol. The minimum absolute atomic E-state index is 0.00493. The first kappa shape index (κ1) is 27.2. The van der Waals surface area contributed by atoms with Gasteiger partial charge in [0.25, 0.3) is 11.8 Å². The zero-order chi connectivity index (χ0) is 26.1. The molecule has 1 atom stereocenters. The van der Waals surface area contributed by atoms with Gasteiger partial charge in [0.1, 0.15) is 17.6 Å². The van der Waals surface area contributed by atoms with Crippen LogP contribution in [-0.2, 0) is 14.3 Å². The second-order valence-electron chi connectivity index (χ2n) is 9.54. The standard InChI is InChI=1S/C26H36N4O6/c1-26(2,33)17-28-11-8-23(27)29-25(32)20(14-18-9-12-35-13-10-18)30-16-19(15-24(30)31)36-22-7-5-4-6-21(22)34-3/h4-8,11,15,18,20,28,33H,9-10,12-14,16-17H2,1-3H3,(H2,27,29,32)/b11-8-. The fraction of sp³-hybridized carbons (Fsp3) is 0.500. The number of rotatable bonds is 11. The van der Waals surface area contributed by atoms with E-state index in [0.29, 0.717) is 43.4 Å². The van der Waals surface area contributed by atoms with Crippen LogP contribution in [0.15, 0.2) is 53.4 Å². The van der Waals surface area contributed by atoms with Crippen LogP contribution in [0.5, 0.6) is 11.5 Å². The van der Waals surface area contributed by atoms with Crippen LogP contribution in [0.2, 0.25) is 0 Å². The Morgan fingerprint density at radius 2 is 2.03 bits per heavy atom.